The third kappa shape index (κ3) is 2.58. The molecule has 0 spiro atoms. The van der Waals surface area contributed by atoms with Crippen molar-refractivity contribution in [3.63, 3.8) is 0 Å². The van der Waals surface area contributed by atoms with Crippen LogP contribution in [-0.2, 0) is 4.79 Å². The van der Waals surface area contributed by atoms with Crippen molar-refractivity contribution in [2.24, 2.45) is 11.7 Å². The van der Waals surface area contributed by atoms with Gasteiger partial charge in [-0.15, -0.1) is 0 Å². The molecule has 0 bridgehead atoms. The molecule has 0 unspecified atom stereocenters. The van der Waals surface area contributed by atoms with Crippen LogP contribution in [0.3, 0.4) is 0 Å². The second-order valence-electron chi connectivity index (χ2n) is 4.42. The highest BCUT2D eigenvalue weighted by Gasteiger charge is 2.27. The zero-order valence-corrected chi connectivity index (χ0v) is 9.76. The summed E-state index contributed by atoms with van der Waals surface area (Å²) in [6.07, 6.45) is 2.80. The molecule has 8 nitrogen and oxygen atoms in total. The van der Waals surface area contributed by atoms with Crippen LogP contribution in [0.15, 0.2) is 4.63 Å². The van der Waals surface area contributed by atoms with Gasteiger partial charge in [-0.3, -0.25) is 9.59 Å². The predicted octanol–water partition coefficient (Wildman–Crippen LogP) is -0.574. The summed E-state index contributed by atoms with van der Waals surface area (Å²) in [6, 6.07) is 0.00389. The second kappa shape index (κ2) is 5.03. The largest absolute Gasteiger partial charge is 0.379 e. The van der Waals surface area contributed by atoms with E-state index in [1.807, 2.05) is 0 Å². The Hall–Kier alpha value is -2.12. The molecule has 0 radical (unpaired) electrons. The van der Waals surface area contributed by atoms with Gasteiger partial charge in [0.2, 0.25) is 17.4 Å². The Morgan fingerprint density at radius 2 is 1.89 bits per heavy atom. The number of carbonyl (C=O) groups is 2. The molecule has 1 aromatic heterocycles. The quantitative estimate of drug-likeness (QED) is 0.659. The number of carbonyl (C=O) groups excluding carboxylic acids is 2. The Morgan fingerprint density at radius 3 is 2.39 bits per heavy atom. The third-order valence-electron chi connectivity index (χ3n) is 3.19. The Balaban J connectivity index is 1.87. The number of aromatic nitrogens is 2. The number of rotatable bonds is 3. The average molecular weight is 253 g/mol. The molecule has 0 saturated heterocycles. The molecule has 1 saturated carbocycles. The van der Waals surface area contributed by atoms with Crippen molar-refractivity contribution in [2.75, 3.05) is 5.73 Å². The SMILES string of the molecule is NC(=O)C1CCC(NC(=O)c2nonc2N)CC1. The molecular weight excluding hydrogens is 238 g/mol. The van der Waals surface area contributed by atoms with Gasteiger partial charge in [-0.25, -0.2) is 4.63 Å². The summed E-state index contributed by atoms with van der Waals surface area (Å²) in [5.74, 6) is -0.795. The van der Waals surface area contributed by atoms with E-state index in [1.54, 1.807) is 0 Å². The van der Waals surface area contributed by atoms with E-state index in [9.17, 15) is 9.59 Å². The lowest BCUT2D eigenvalue weighted by atomic mass is 9.85. The molecule has 0 aliphatic heterocycles. The van der Waals surface area contributed by atoms with Crippen LogP contribution in [0.1, 0.15) is 36.2 Å². The number of nitrogen functional groups attached to an aromatic ring is 1. The molecule has 98 valence electrons. The summed E-state index contributed by atoms with van der Waals surface area (Å²) >= 11 is 0. The minimum atomic E-state index is -0.406. The highest BCUT2D eigenvalue weighted by molar-refractivity contribution is 5.96. The smallest absolute Gasteiger partial charge is 0.277 e. The maximum Gasteiger partial charge on any atom is 0.277 e. The summed E-state index contributed by atoms with van der Waals surface area (Å²) < 4.78 is 4.36. The van der Waals surface area contributed by atoms with E-state index in [-0.39, 0.29) is 29.4 Å². The van der Waals surface area contributed by atoms with Crippen molar-refractivity contribution in [1.82, 2.24) is 15.6 Å². The Bertz CT molecular complexity index is 450. The summed E-state index contributed by atoms with van der Waals surface area (Å²) in [5.41, 5.74) is 10.6. The number of nitrogens with one attached hydrogen (secondary N) is 1. The number of amides is 2. The highest BCUT2D eigenvalue weighted by atomic mass is 16.6. The molecule has 1 heterocycles. The van der Waals surface area contributed by atoms with Gasteiger partial charge in [0.05, 0.1) is 0 Å². The maximum absolute atomic E-state index is 11.8. The summed E-state index contributed by atoms with van der Waals surface area (Å²) in [5, 5.41) is 9.55. The molecule has 5 N–H and O–H groups in total. The van der Waals surface area contributed by atoms with Crippen LogP contribution in [0.5, 0.6) is 0 Å². The summed E-state index contributed by atoms with van der Waals surface area (Å²) in [4.78, 5) is 22.8. The minimum absolute atomic E-state index is 0.00389. The number of primary amides is 1. The fourth-order valence-corrected chi connectivity index (χ4v) is 2.13. The van der Waals surface area contributed by atoms with Gasteiger partial charge < -0.3 is 16.8 Å². The first-order chi connectivity index (χ1) is 8.58. The van der Waals surface area contributed by atoms with Crippen LogP contribution < -0.4 is 16.8 Å². The van der Waals surface area contributed by atoms with Crippen molar-refractivity contribution < 1.29 is 14.2 Å². The molecule has 1 aliphatic rings. The van der Waals surface area contributed by atoms with E-state index in [2.05, 4.69) is 20.3 Å². The van der Waals surface area contributed by atoms with Gasteiger partial charge in [0.1, 0.15) is 0 Å². The van der Waals surface area contributed by atoms with E-state index < -0.39 is 5.91 Å². The van der Waals surface area contributed by atoms with Gasteiger partial charge in [-0.1, -0.05) is 0 Å². The van der Waals surface area contributed by atoms with Gasteiger partial charge in [0.25, 0.3) is 5.91 Å². The normalized spacial score (nSPS) is 23.6. The number of hydrogen-bond donors (Lipinski definition) is 3. The van der Waals surface area contributed by atoms with Gasteiger partial charge in [-0.05, 0) is 36.0 Å². The van der Waals surface area contributed by atoms with E-state index in [0.717, 1.165) is 0 Å². The molecule has 2 rings (SSSR count). The predicted molar refractivity (Wildman–Crippen MR) is 61.1 cm³/mol. The molecule has 8 heteroatoms. The molecular formula is C10H15N5O3. The van der Waals surface area contributed by atoms with Crippen molar-refractivity contribution in [3.05, 3.63) is 5.69 Å². The van der Waals surface area contributed by atoms with E-state index in [4.69, 9.17) is 11.5 Å². The lowest BCUT2D eigenvalue weighted by Gasteiger charge is -2.26. The maximum atomic E-state index is 11.8. The molecule has 0 atom stereocenters. The zero-order chi connectivity index (χ0) is 13.1. The molecule has 2 amide bonds. The first kappa shape index (κ1) is 12.3. The average Bonchev–Trinajstić information content (AvgIpc) is 2.76. The first-order valence-corrected chi connectivity index (χ1v) is 5.76. The molecule has 1 aliphatic carbocycles. The standard InChI is InChI=1S/C10H15N5O3/c11-8-7(14-18-15-8)10(17)13-6-3-1-5(2-4-6)9(12)16/h5-6H,1-4H2,(H2,11,15)(H2,12,16)(H,13,17). The van der Waals surface area contributed by atoms with Crippen molar-refractivity contribution in [1.29, 1.82) is 0 Å². The van der Waals surface area contributed by atoms with Crippen LogP contribution in [0, 0.1) is 5.92 Å². The lowest BCUT2D eigenvalue weighted by Crippen LogP contribution is -2.40. The van der Waals surface area contributed by atoms with Crippen molar-refractivity contribution in [2.45, 2.75) is 31.7 Å². The Kier molecular flexibility index (Phi) is 3.45. The Labute approximate surface area is 103 Å². The lowest BCUT2D eigenvalue weighted by molar-refractivity contribution is -0.122. The van der Waals surface area contributed by atoms with Gasteiger partial charge in [-0.2, -0.15) is 0 Å². The third-order valence-corrected chi connectivity index (χ3v) is 3.19. The highest BCUT2D eigenvalue weighted by Crippen LogP contribution is 2.24. The molecule has 18 heavy (non-hydrogen) atoms. The summed E-state index contributed by atoms with van der Waals surface area (Å²) in [6.45, 7) is 0. The minimum Gasteiger partial charge on any atom is -0.379 e. The van der Waals surface area contributed by atoms with Crippen molar-refractivity contribution in [3.8, 4) is 0 Å². The van der Waals surface area contributed by atoms with Gasteiger partial charge in [0, 0.05) is 12.0 Å². The molecule has 0 aromatic carbocycles. The fourth-order valence-electron chi connectivity index (χ4n) is 2.13. The molecule has 1 aromatic rings. The van der Waals surface area contributed by atoms with E-state index in [0.29, 0.717) is 25.7 Å². The van der Waals surface area contributed by atoms with Crippen LogP contribution in [0.4, 0.5) is 5.82 Å². The van der Waals surface area contributed by atoms with Crippen LogP contribution in [0.25, 0.3) is 0 Å². The number of hydrogen-bond acceptors (Lipinski definition) is 6. The van der Waals surface area contributed by atoms with Crippen molar-refractivity contribution >= 4 is 17.6 Å². The van der Waals surface area contributed by atoms with Gasteiger partial charge >= 0.3 is 0 Å². The summed E-state index contributed by atoms with van der Waals surface area (Å²) in [7, 11) is 0. The van der Waals surface area contributed by atoms with Crippen LogP contribution >= 0.6 is 0 Å². The number of anilines is 1. The second-order valence-corrected chi connectivity index (χ2v) is 4.42. The van der Waals surface area contributed by atoms with Crippen LogP contribution in [0.2, 0.25) is 0 Å². The number of nitrogens with zero attached hydrogens (tertiary/aromatic N) is 2. The Morgan fingerprint density at radius 1 is 1.22 bits per heavy atom. The topological polar surface area (TPSA) is 137 Å². The van der Waals surface area contributed by atoms with E-state index >= 15 is 0 Å². The van der Waals surface area contributed by atoms with Gasteiger partial charge in [0.15, 0.2) is 0 Å². The molecule has 1 fully saturated rings. The fraction of sp³-hybridized carbons (Fsp3) is 0.600. The number of nitrogens with two attached hydrogens (primary N) is 2. The van der Waals surface area contributed by atoms with E-state index in [1.165, 1.54) is 0 Å². The zero-order valence-electron chi connectivity index (χ0n) is 9.76. The monoisotopic (exact) mass is 253 g/mol. The first-order valence-electron chi connectivity index (χ1n) is 5.76. The van der Waals surface area contributed by atoms with Crippen LogP contribution in [-0.4, -0.2) is 28.2 Å².